The maximum absolute atomic E-state index is 11.6. The van der Waals surface area contributed by atoms with Crippen LogP contribution in [0.25, 0.3) is 11.8 Å². The van der Waals surface area contributed by atoms with Crippen molar-refractivity contribution in [3.63, 3.8) is 0 Å². The van der Waals surface area contributed by atoms with E-state index in [0.29, 0.717) is 12.2 Å². The molecule has 0 bridgehead atoms. The molecule has 1 heterocycles. The Balaban J connectivity index is 1.84. The van der Waals surface area contributed by atoms with Crippen LogP contribution in [0.2, 0.25) is 0 Å². The number of nitrogens with zero attached hydrogens (tertiary/aromatic N) is 2. The van der Waals surface area contributed by atoms with Crippen molar-refractivity contribution < 1.29 is 9.53 Å². The van der Waals surface area contributed by atoms with Gasteiger partial charge in [0.15, 0.2) is 0 Å². The molecule has 27 heavy (non-hydrogen) atoms. The average molecular weight is 363 g/mol. The number of carbonyl (C=O) groups excluding carboxylic acids is 1. The standard InChI is InChI=1S/C21H21N3O3/c1-17(23-15-21(26)27-16-22)19-10-7-9-18(14-19)8-3-2-5-12-24-13-6-4-11-20(24)25/h3-4,6-11,13-14,23H,1-2,5,12,15H2/b8-3-. The molecule has 1 N–H and O–H groups in total. The molecule has 0 amide bonds. The number of aromatic nitrogens is 1. The number of rotatable bonds is 9. The van der Waals surface area contributed by atoms with Crippen LogP contribution >= 0.6 is 0 Å². The first-order chi connectivity index (χ1) is 13.1. The first-order valence-corrected chi connectivity index (χ1v) is 8.54. The zero-order valence-electron chi connectivity index (χ0n) is 14.9. The summed E-state index contributed by atoms with van der Waals surface area (Å²) in [4.78, 5) is 22.8. The Morgan fingerprint density at radius 2 is 2.15 bits per heavy atom. The van der Waals surface area contributed by atoms with E-state index in [-0.39, 0.29) is 12.1 Å². The number of carbonyl (C=O) groups is 1. The molecule has 2 aromatic rings. The van der Waals surface area contributed by atoms with Gasteiger partial charge in [0.1, 0.15) is 6.54 Å². The molecule has 2 rings (SSSR count). The molecule has 138 valence electrons. The van der Waals surface area contributed by atoms with Gasteiger partial charge in [-0.05, 0) is 36.1 Å². The first-order valence-electron chi connectivity index (χ1n) is 8.54. The zero-order valence-corrected chi connectivity index (χ0v) is 14.9. The van der Waals surface area contributed by atoms with Crippen LogP contribution in [0.15, 0.2) is 66.1 Å². The minimum absolute atomic E-state index is 0.0128. The van der Waals surface area contributed by atoms with Crippen molar-refractivity contribution in [3.8, 4) is 6.26 Å². The molecule has 0 saturated carbocycles. The Hall–Kier alpha value is -3.59. The summed E-state index contributed by atoms with van der Waals surface area (Å²) in [7, 11) is 0. The summed E-state index contributed by atoms with van der Waals surface area (Å²) in [5, 5.41) is 11.1. The van der Waals surface area contributed by atoms with Crippen molar-refractivity contribution in [2.24, 2.45) is 0 Å². The van der Waals surface area contributed by atoms with Gasteiger partial charge in [-0.3, -0.25) is 4.79 Å². The lowest BCUT2D eigenvalue weighted by Crippen LogP contribution is -2.22. The fourth-order valence-corrected chi connectivity index (χ4v) is 2.44. The van der Waals surface area contributed by atoms with Crippen LogP contribution in [0, 0.1) is 11.5 Å². The summed E-state index contributed by atoms with van der Waals surface area (Å²) in [6.45, 7) is 4.46. The van der Waals surface area contributed by atoms with Crippen molar-refractivity contribution in [2.75, 3.05) is 6.54 Å². The van der Waals surface area contributed by atoms with E-state index in [1.807, 2.05) is 36.4 Å². The Kier molecular flexibility index (Phi) is 7.61. The van der Waals surface area contributed by atoms with Crippen LogP contribution in [-0.2, 0) is 16.1 Å². The summed E-state index contributed by atoms with van der Waals surface area (Å²) in [6.07, 6.45) is 8.93. The highest BCUT2D eigenvalue weighted by atomic mass is 16.5. The molecule has 6 heteroatoms. The van der Waals surface area contributed by atoms with Gasteiger partial charge >= 0.3 is 5.97 Å². The number of hydrogen-bond acceptors (Lipinski definition) is 5. The molecule has 0 atom stereocenters. The van der Waals surface area contributed by atoms with Crippen molar-refractivity contribution in [1.82, 2.24) is 9.88 Å². The number of allylic oxidation sites excluding steroid dienone is 1. The second-order valence-corrected chi connectivity index (χ2v) is 5.80. The maximum atomic E-state index is 11.6. The molecule has 0 aliphatic carbocycles. The van der Waals surface area contributed by atoms with Gasteiger partial charge < -0.3 is 14.6 Å². The smallest absolute Gasteiger partial charge is 0.340 e. The number of ether oxygens (including phenoxy) is 1. The molecule has 0 unspecified atom stereocenters. The highest BCUT2D eigenvalue weighted by Gasteiger charge is 2.04. The molecule has 0 aliphatic rings. The molecule has 6 nitrogen and oxygen atoms in total. The summed E-state index contributed by atoms with van der Waals surface area (Å²) in [6, 6.07) is 12.8. The lowest BCUT2D eigenvalue weighted by atomic mass is 10.1. The Labute approximate surface area is 158 Å². The number of benzene rings is 1. The van der Waals surface area contributed by atoms with Crippen LogP contribution < -0.4 is 10.9 Å². The highest BCUT2D eigenvalue weighted by molar-refractivity contribution is 5.75. The molecule has 0 fully saturated rings. The number of nitriles is 1. The van der Waals surface area contributed by atoms with E-state index in [0.717, 1.165) is 24.0 Å². The van der Waals surface area contributed by atoms with Crippen LogP contribution in [0.4, 0.5) is 0 Å². The van der Waals surface area contributed by atoms with E-state index >= 15 is 0 Å². The van der Waals surface area contributed by atoms with Crippen molar-refractivity contribution in [3.05, 3.63) is 82.8 Å². The van der Waals surface area contributed by atoms with Crippen molar-refractivity contribution in [1.29, 1.82) is 5.26 Å². The fourth-order valence-electron chi connectivity index (χ4n) is 2.44. The lowest BCUT2D eigenvalue weighted by Gasteiger charge is -2.08. The molecule has 0 spiro atoms. The first kappa shape index (κ1) is 19.7. The molecule has 1 aromatic carbocycles. The van der Waals surface area contributed by atoms with Gasteiger partial charge in [0.05, 0.1) is 0 Å². The molecular formula is C21H21N3O3. The SMILES string of the molecule is C=C(NCC(=O)OC#N)c1cccc(/C=C\CCCn2ccccc2=O)c1. The Bertz CT molecular complexity index is 923. The number of nitrogens with one attached hydrogen (secondary N) is 1. The highest BCUT2D eigenvalue weighted by Crippen LogP contribution is 2.13. The third kappa shape index (κ3) is 6.67. The van der Waals surface area contributed by atoms with E-state index < -0.39 is 5.97 Å². The summed E-state index contributed by atoms with van der Waals surface area (Å²) in [5.41, 5.74) is 2.44. The van der Waals surface area contributed by atoms with E-state index in [4.69, 9.17) is 5.26 Å². The zero-order chi connectivity index (χ0) is 19.5. The van der Waals surface area contributed by atoms with Gasteiger partial charge in [-0.2, -0.15) is 0 Å². The van der Waals surface area contributed by atoms with Gasteiger partial charge in [0.2, 0.25) is 5.56 Å². The van der Waals surface area contributed by atoms with Gasteiger partial charge in [-0.1, -0.05) is 43.0 Å². The predicted molar refractivity (Wildman–Crippen MR) is 104 cm³/mol. The molecule has 1 aromatic heterocycles. The summed E-state index contributed by atoms with van der Waals surface area (Å²) < 4.78 is 5.89. The van der Waals surface area contributed by atoms with Gasteiger partial charge in [-0.25, -0.2) is 4.79 Å². The Morgan fingerprint density at radius 1 is 1.30 bits per heavy atom. The predicted octanol–water partition coefficient (Wildman–Crippen LogP) is 2.93. The maximum Gasteiger partial charge on any atom is 0.340 e. The van der Waals surface area contributed by atoms with Gasteiger partial charge in [0, 0.05) is 24.5 Å². The van der Waals surface area contributed by atoms with Crippen LogP contribution in [0.1, 0.15) is 24.0 Å². The van der Waals surface area contributed by atoms with E-state index in [2.05, 4.69) is 22.7 Å². The number of pyridine rings is 1. The van der Waals surface area contributed by atoms with Crippen LogP contribution in [-0.4, -0.2) is 17.1 Å². The average Bonchev–Trinajstić information content (AvgIpc) is 2.67. The third-order valence-corrected chi connectivity index (χ3v) is 3.82. The fraction of sp³-hybridized carbons (Fsp3) is 0.190. The second-order valence-electron chi connectivity index (χ2n) is 5.80. The third-order valence-electron chi connectivity index (χ3n) is 3.82. The largest absolute Gasteiger partial charge is 0.375 e. The van der Waals surface area contributed by atoms with Gasteiger partial charge in [0.25, 0.3) is 6.26 Å². The molecule has 0 aliphatic heterocycles. The summed E-state index contributed by atoms with van der Waals surface area (Å²) >= 11 is 0. The minimum atomic E-state index is -0.660. The van der Waals surface area contributed by atoms with E-state index in [1.54, 1.807) is 22.9 Å². The lowest BCUT2D eigenvalue weighted by molar-refractivity contribution is -0.135. The number of unbranched alkanes of at least 4 members (excludes halogenated alkanes) is 1. The van der Waals surface area contributed by atoms with E-state index in [9.17, 15) is 9.59 Å². The van der Waals surface area contributed by atoms with Crippen molar-refractivity contribution >= 4 is 17.7 Å². The quantitative estimate of drug-likeness (QED) is 0.421. The van der Waals surface area contributed by atoms with Crippen molar-refractivity contribution in [2.45, 2.75) is 19.4 Å². The molecule has 0 saturated heterocycles. The van der Waals surface area contributed by atoms with Crippen LogP contribution in [0.3, 0.4) is 0 Å². The monoisotopic (exact) mass is 363 g/mol. The van der Waals surface area contributed by atoms with Crippen LogP contribution in [0.5, 0.6) is 0 Å². The number of hydrogen-bond donors (Lipinski definition) is 1. The topological polar surface area (TPSA) is 84.1 Å². The minimum Gasteiger partial charge on any atom is -0.375 e. The number of aryl methyl sites for hydroxylation is 1. The van der Waals surface area contributed by atoms with E-state index in [1.165, 1.54) is 6.26 Å². The molecular weight excluding hydrogens is 342 g/mol. The Morgan fingerprint density at radius 3 is 2.93 bits per heavy atom. The second kappa shape index (κ2) is 10.4. The molecule has 0 radical (unpaired) electrons. The normalized spacial score (nSPS) is 10.3. The number of esters is 1. The van der Waals surface area contributed by atoms with Gasteiger partial charge in [-0.15, -0.1) is 5.26 Å². The summed E-state index contributed by atoms with van der Waals surface area (Å²) in [5.74, 6) is -0.660.